The van der Waals surface area contributed by atoms with Crippen molar-refractivity contribution in [3.63, 3.8) is 0 Å². The van der Waals surface area contributed by atoms with E-state index in [1.54, 1.807) is 0 Å². The Morgan fingerprint density at radius 3 is 2.45 bits per heavy atom. The first-order valence-corrected chi connectivity index (χ1v) is 9.34. The Kier molecular flexibility index (Phi) is 9.59. The summed E-state index contributed by atoms with van der Waals surface area (Å²) in [6.45, 7) is 11.8. The Morgan fingerprint density at radius 1 is 1.00 bits per heavy atom. The van der Waals surface area contributed by atoms with E-state index in [0.717, 1.165) is 23.7 Å². The molecule has 0 heterocycles. The van der Waals surface area contributed by atoms with Crippen molar-refractivity contribution < 1.29 is 0 Å². The third-order valence-corrected chi connectivity index (χ3v) is 5.04. The smallest absolute Gasteiger partial charge is 0.00178 e. The molecule has 1 heteroatoms. The van der Waals surface area contributed by atoms with Gasteiger partial charge in [-0.2, -0.15) is 0 Å². The molecule has 0 saturated heterocycles. The molecule has 1 aliphatic carbocycles. The van der Waals surface area contributed by atoms with Gasteiger partial charge in [0.05, 0.1) is 0 Å². The Balaban J connectivity index is 2.25. The van der Waals surface area contributed by atoms with E-state index in [0.29, 0.717) is 0 Å². The lowest BCUT2D eigenvalue weighted by atomic mass is 9.72. The third-order valence-electron chi connectivity index (χ3n) is 5.04. The average Bonchev–Trinajstić information content (AvgIpc) is 2.40. The van der Waals surface area contributed by atoms with Crippen LogP contribution in [0.15, 0.2) is 0 Å². The van der Waals surface area contributed by atoms with Gasteiger partial charge in [0.25, 0.3) is 0 Å². The van der Waals surface area contributed by atoms with E-state index in [4.69, 9.17) is 0 Å². The van der Waals surface area contributed by atoms with Crippen molar-refractivity contribution in [2.24, 2.45) is 23.7 Å². The fraction of sp³-hybridized carbons (Fsp3) is 1.00. The molecule has 1 N–H and O–H groups in total. The third kappa shape index (κ3) is 7.67. The van der Waals surface area contributed by atoms with Gasteiger partial charge in [-0.05, 0) is 49.6 Å². The van der Waals surface area contributed by atoms with Crippen LogP contribution in [0.25, 0.3) is 0 Å². The largest absolute Gasteiger partial charge is 0.316 e. The molecule has 1 rings (SSSR count). The van der Waals surface area contributed by atoms with E-state index in [1.165, 1.54) is 70.9 Å². The minimum atomic E-state index is 0.782. The maximum absolute atomic E-state index is 3.71. The monoisotopic (exact) mass is 281 g/mol. The number of hydrogen-bond donors (Lipinski definition) is 1. The molecule has 1 saturated carbocycles. The molecule has 1 aliphatic rings. The van der Waals surface area contributed by atoms with Crippen LogP contribution in [0.1, 0.15) is 85.5 Å². The van der Waals surface area contributed by atoms with Crippen LogP contribution in [0.4, 0.5) is 0 Å². The highest BCUT2D eigenvalue weighted by atomic mass is 14.9. The van der Waals surface area contributed by atoms with Gasteiger partial charge >= 0.3 is 0 Å². The Morgan fingerprint density at radius 2 is 1.75 bits per heavy atom. The molecule has 0 aromatic rings. The second kappa shape index (κ2) is 10.7. The first-order chi connectivity index (χ1) is 9.63. The van der Waals surface area contributed by atoms with E-state index in [-0.39, 0.29) is 0 Å². The van der Waals surface area contributed by atoms with Gasteiger partial charge in [0, 0.05) is 0 Å². The maximum atomic E-state index is 3.71. The lowest BCUT2D eigenvalue weighted by molar-refractivity contribution is 0.170. The minimum Gasteiger partial charge on any atom is -0.316 e. The number of unbranched alkanes of at least 4 members (excludes halogenated alkanes) is 4. The zero-order valence-electron chi connectivity index (χ0n) is 14.6. The summed E-state index contributed by atoms with van der Waals surface area (Å²) in [5, 5.41) is 3.71. The highest BCUT2D eigenvalue weighted by Crippen LogP contribution is 2.36. The summed E-state index contributed by atoms with van der Waals surface area (Å²) in [7, 11) is 0. The predicted octanol–water partition coefficient (Wildman–Crippen LogP) is 5.64. The highest BCUT2D eigenvalue weighted by Gasteiger charge is 2.27. The summed E-state index contributed by atoms with van der Waals surface area (Å²) in [5.41, 5.74) is 0. The summed E-state index contributed by atoms with van der Waals surface area (Å²) < 4.78 is 0. The molecular formula is C19H39N. The second-order valence-electron chi connectivity index (χ2n) is 7.69. The SMILES string of the molecule is CCCCCCCC1CC(C)CCC1CNCC(C)C. The van der Waals surface area contributed by atoms with Crippen LogP contribution in [0.3, 0.4) is 0 Å². The van der Waals surface area contributed by atoms with Gasteiger partial charge in [0.2, 0.25) is 0 Å². The summed E-state index contributed by atoms with van der Waals surface area (Å²) in [4.78, 5) is 0. The Hall–Kier alpha value is -0.0400. The number of hydrogen-bond acceptors (Lipinski definition) is 1. The maximum Gasteiger partial charge on any atom is -0.00178 e. The normalized spacial score (nSPS) is 27.1. The van der Waals surface area contributed by atoms with Crippen molar-refractivity contribution in [3.05, 3.63) is 0 Å². The molecule has 120 valence electrons. The minimum absolute atomic E-state index is 0.782. The molecule has 3 atom stereocenters. The van der Waals surface area contributed by atoms with Crippen LogP contribution in [-0.2, 0) is 0 Å². The van der Waals surface area contributed by atoms with E-state index in [2.05, 4.69) is 33.0 Å². The summed E-state index contributed by atoms with van der Waals surface area (Å²) >= 11 is 0. The summed E-state index contributed by atoms with van der Waals surface area (Å²) in [6, 6.07) is 0. The first kappa shape index (κ1) is 18.0. The molecule has 0 radical (unpaired) electrons. The molecule has 20 heavy (non-hydrogen) atoms. The van der Waals surface area contributed by atoms with E-state index in [9.17, 15) is 0 Å². The first-order valence-electron chi connectivity index (χ1n) is 9.34. The van der Waals surface area contributed by atoms with Crippen LogP contribution in [-0.4, -0.2) is 13.1 Å². The zero-order chi connectivity index (χ0) is 14.8. The van der Waals surface area contributed by atoms with Crippen molar-refractivity contribution in [1.82, 2.24) is 5.32 Å². The van der Waals surface area contributed by atoms with Crippen molar-refractivity contribution in [3.8, 4) is 0 Å². The predicted molar refractivity (Wildman–Crippen MR) is 91.1 cm³/mol. The summed E-state index contributed by atoms with van der Waals surface area (Å²) in [5.74, 6) is 3.71. The molecule has 1 fully saturated rings. The second-order valence-corrected chi connectivity index (χ2v) is 7.69. The van der Waals surface area contributed by atoms with Crippen molar-refractivity contribution in [1.29, 1.82) is 0 Å². The van der Waals surface area contributed by atoms with Crippen LogP contribution >= 0.6 is 0 Å². The van der Waals surface area contributed by atoms with Gasteiger partial charge in [-0.25, -0.2) is 0 Å². The number of nitrogens with one attached hydrogen (secondary N) is 1. The van der Waals surface area contributed by atoms with Crippen molar-refractivity contribution in [2.75, 3.05) is 13.1 Å². The molecule has 0 spiro atoms. The molecule has 0 aliphatic heterocycles. The fourth-order valence-corrected chi connectivity index (χ4v) is 3.75. The van der Waals surface area contributed by atoms with Crippen molar-refractivity contribution in [2.45, 2.75) is 85.5 Å². The molecular weight excluding hydrogens is 242 g/mol. The zero-order valence-corrected chi connectivity index (χ0v) is 14.6. The summed E-state index contributed by atoms with van der Waals surface area (Å²) in [6.07, 6.45) is 13.1. The van der Waals surface area contributed by atoms with Crippen LogP contribution in [0.5, 0.6) is 0 Å². The van der Waals surface area contributed by atoms with Crippen molar-refractivity contribution >= 4 is 0 Å². The van der Waals surface area contributed by atoms with Crippen LogP contribution in [0, 0.1) is 23.7 Å². The van der Waals surface area contributed by atoms with Crippen LogP contribution in [0.2, 0.25) is 0 Å². The van der Waals surface area contributed by atoms with Gasteiger partial charge in [0.15, 0.2) is 0 Å². The lowest BCUT2D eigenvalue weighted by Gasteiger charge is -2.35. The van der Waals surface area contributed by atoms with Gasteiger partial charge in [0.1, 0.15) is 0 Å². The van der Waals surface area contributed by atoms with Gasteiger partial charge in [-0.15, -0.1) is 0 Å². The topological polar surface area (TPSA) is 12.0 Å². The number of rotatable bonds is 10. The molecule has 3 unspecified atom stereocenters. The molecule has 0 aromatic heterocycles. The molecule has 0 aromatic carbocycles. The van der Waals surface area contributed by atoms with E-state index in [1.807, 2.05) is 0 Å². The quantitative estimate of drug-likeness (QED) is 0.511. The molecule has 0 bridgehead atoms. The van der Waals surface area contributed by atoms with E-state index < -0.39 is 0 Å². The van der Waals surface area contributed by atoms with Crippen LogP contribution < -0.4 is 5.32 Å². The molecule has 0 amide bonds. The van der Waals surface area contributed by atoms with Gasteiger partial charge in [-0.3, -0.25) is 0 Å². The standard InChI is InChI=1S/C19H39N/c1-5-6-7-8-9-10-18-13-17(4)11-12-19(18)15-20-14-16(2)3/h16-20H,5-15H2,1-4H3. The van der Waals surface area contributed by atoms with E-state index >= 15 is 0 Å². The highest BCUT2D eigenvalue weighted by molar-refractivity contribution is 4.80. The molecule has 1 nitrogen and oxygen atoms in total. The fourth-order valence-electron chi connectivity index (χ4n) is 3.75. The average molecular weight is 282 g/mol. The van der Waals surface area contributed by atoms with Gasteiger partial charge in [-0.1, -0.05) is 72.6 Å². The van der Waals surface area contributed by atoms with Gasteiger partial charge < -0.3 is 5.32 Å². The Labute approximate surface area is 128 Å². The Bertz CT molecular complexity index is 224. The lowest BCUT2D eigenvalue weighted by Crippen LogP contribution is -2.34.